The van der Waals surface area contributed by atoms with E-state index in [0.29, 0.717) is 5.56 Å². The average Bonchev–Trinajstić information content (AvgIpc) is 3.63. The van der Waals surface area contributed by atoms with Crippen molar-refractivity contribution in [3.05, 3.63) is 59.7 Å². The molecule has 0 unspecified atom stereocenters. The van der Waals surface area contributed by atoms with Crippen LogP contribution in [0.3, 0.4) is 0 Å². The molecule has 1 atom stereocenters. The van der Waals surface area contributed by atoms with Gasteiger partial charge in [0.1, 0.15) is 6.04 Å². The van der Waals surface area contributed by atoms with Crippen LogP contribution in [0.4, 0.5) is 0 Å². The molecule has 158 valence electrons. The Hall–Kier alpha value is -2.74. The Morgan fingerprint density at radius 1 is 1.00 bits per heavy atom. The number of morpholine rings is 1. The lowest BCUT2D eigenvalue weighted by Crippen LogP contribution is -2.47. The number of ether oxygens (including phenoxy) is 1. The Balaban J connectivity index is 1.37. The third kappa shape index (κ3) is 5.05. The molecule has 7 nitrogen and oxygen atoms in total. The zero-order valence-corrected chi connectivity index (χ0v) is 16.8. The molecule has 1 aliphatic carbocycles. The number of carbonyl (C=O) groups is 2. The highest BCUT2D eigenvalue weighted by molar-refractivity contribution is 5.98. The third-order valence-corrected chi connectivity index (χ3v) is 5.72. The molecule has 30 heavy (non-hydrogen) atoms. The molecular weight excluding hydrogens is 382 g/mol. The van der Waals surface area contributed by atoms with Crippen molar-refractivity contribution in [2.75, 3.05) is 26.3 Å². The topological polar surface area (TPSA) is 90.9 Å². The van der Waals surface area contributed by atoms with Crippen LogP contribution >= 0.6 is 0 Å². The maximum Gasteiger partial charge on any atom is 0.266 e. The second kappa shape index (κ2) is 9.38. The maximum atomic E-state index is 12.5. The van der Waals surface area contributed by atoms with E-state index in [1.54, 1.807) is 17.6 Å². The van der Waals surface area contributed by atoms with Crippen LogP contribution in [-0.4, -0.2) is 54.3 Å². The quantitative estimate of drug-likeness (QED) is 0.482. The molecule has 0 radical (unpaired) electrons. The van der Waals surface area contributed by atoms with Crippen molar-refractivity contribution in [1.82, 2.24) is 15.7 Å². The Morgan fingerprint density at radius 3 is 2.17 bits per heavy atom. The second-order valence-corrected chi connectivity index (χ2v) is 7.93. The predicted octanol–water partition coefficient (Wildman–Crippen LogP) is 2.20. The van der Waals surface area contributed by atoms with Crippen molar-refractivity contribution in [2.24, 2.45) is 5.92 Å². The Labute approximate surface area is 176 Å². The van der Waals surface area contributed by atoms with Crippen LogP contribution in [0.1, 0.15) is 28.8 Å². The molecule has 0 spiro atoms. The normalized spacial score (nSPS) is 17.9. The van der Waals surface area contributed by atoms with Crippen LogP contribution in [0.5, 0.6) is 0 Å². The van der Waals surface area contributed by atoms with Crippen molar-refractivity contribution < 1.29 is 19.5 Å². The summed E-state index contributed by atoms with van der Waals surface area (Å²) in [6.07, 6.45) is 1.75. The largest absolute Gasteiger partial charge is 0.379 e. The average molecular weight is 409 g/mol. The number of hydrogen-bond donors (Lipinski definition) is 3. The van der Waals surface area contributed by atoms with Crippen LogP contribution in [0.2, 0.25) is 0 Å². The molecule has 1 heterocycles. The standard InChI is InChI=1S/C23H27N3O4/c27-22(24-21(19-7-8-19)23(28)25-29)20-9-5-18(6-10-20)17-3-1-16(2-4-17)15-26-11-13-30-14-12-26/h1-6,9-10,19,21,29H,7-8,11-15H2,(H,24,27)(H,25,28)/t21-/m0/s1. The van der Waals surface area contributed by atoms with Gasteiger partial charge in [0.15, 0.2) is 0 Å². The second-order valence-electron chi connectivity index (χ2n) is 7.93. The maximum absolute atomic E-state index is 12.5. The van der Waals surface area contributed by atoms with Gasteiger partial charge in [0.05, 0.1) is 13.2 Å². The number of carbonyl (C=O) groups excluding carboxylic acids is 2. The van der Waals surface area contributed by atoms with Crippen LogP contribution in [0.15, 0.2) is 48.5 Å². The van der Waals surface area contributed by atoms with Crippen LogP contribution < -0.4 is 10.8 Å². The van der Waals surface area contributed by atoms with E-state index in [1.165, 1.54) is 5.56 Å². The lowest BCUT2D eigenvalue weighted by molar-refractivity contribution is -0.131. The van der Waals surface area contributed by atoms with Crippen molar-refractivity contribution >= 4 is 11.8 Å². The summed E-state index contributed by atoms with van der Waals surface area (Å²) in [6.45, 7) is 4.44. The summed E-state index contributed by atoms with van der Waals surface area (Å²) in [5.74, 6) is -0.793. The van der Waals surface area contributed by atoms with Gasteiger partial charge in [-0.3, -0.25) is 19.7 Å². The van der Waals surface area contributed by atoms with Crippen molar-refractivity contribution in [1.29, 1.82) is 0 Å². The molecule has 0 bridgehead atoms. The predicted molar refractivity (Wildman–Crippen MR) is 112 cm³/mol. The van der Waals surface area contributed by atoms with Gasteiger partial charge < -0.3 is 10.1 Å². The van der Waals surface area contributed by atoms with Crippen LogP contribution in [-0.2, 0) is 16.1 Å². The monoisotopic (exact) mass is 409 g/mol. The highest BCUT2D eigenvalue weighted by Gasteiger charge is 2.37. The van der Waals surface area contributed by atoms with Crippen LogP contribution in [0.25, 0.3) is 11.1 Å². The molecule has 4 rings (SSSR count). The van der Waals surface area contributed by atoms with Crippen molar-refractivity contribution in [3.63, 3.8) is 0 Å². The molecule has 2 aromatic carbocycles. The Kier molecular flexibility index (Phi) is 6.42. The van der Waals surface area contributed by atoms with Gasteiger partial charge in [-0.25, -0.2) is 5.48 Å². The lowest BCUT2D eigenvalue weighted by Gasteiger charge is -2.26. The molecule has 2 amide bonds. The van der Waals surface area contributed by atoms with Gasteiger partial charge in [-0.1, -0.05) is 36.4 Å². The summed E-state index contributed by atoms with van der Waals surface area (Å²) in [4.78, 5) is 26.7. The van der Waals surface area contributed by atoms with E-state index in [1.807, 2.05) is 12.1 Å². The minimum absolute atomic E-state index is 0.0938. The van der Waals surface area contributed by atoms with Gasteiger partial charge in [-0.15, -0.1) is 0 Å². The number of hydroxylamine groups is 1. The van der Waals surface area contributed by atoms with Crippen molar-refractivity contribution in [3.8, 4) is 11.1 Å². The van der Waals surface area contributed by atoms with Gasteiger partial charge in [-0.05, 0) is 47.6 Å². The van der Waals surface area contributed by atoms with E-state index in [2.05, 4.69) is 34.5 Å². The zero-order valence-electron chi connectivity index (χ0n) is 16.8. The third-order valence-electron chi connectivity index (χ3n) is 5.72. The first kappa shape index (κ1) is 20.5. The van der Waals surface area contributed by atoms with Gasteiger partial charge in [0.25, 0.3) is 11.8 Å². The summed E-state index contributed by atoms with van der Waals surface area (Å²) in [6, 6.07) is 15.1. The van der Waals surface area contributed by atoms with E-state index in [4.69, 9.17) is 9.94 Å². The van der Waals surface area contributed by atoms with Gasteiger partial charge >= 0.3 is 0 Å². The molecule has 2 aromatic rings. The van der Waals surface area contributed by atoms with E-state index in [-0.39, 0.29) is 11.8 Å². The molecule has 0 aromatic heterocycles. The molecule has 2 aliphatic rings. The van der Waals surface area contributed by atoms with E-state index in [9.17, 15) is 9.59 Å². The smallest absolute Gasteiger partial charge is 0.266 e. The number of benzene rings is 2. The first-order chi connectivity index (χ1) is 14.6. The fraction of sp³-hybridized carbons (Fsp3) is 0.391. The fourth-order valence-electron chi connectivity index (χ4n) is 3.76. The van der Waals surface area contributed by atoms with Gasteiger partial charge in [0, 0.05) is 25.2 Å². The molecule has 7 heteroatoms. The fourth-order valence-corrected chi connectivity index (χ4v) is 3.76. The number of amides is 2. The van der Waals surface area contributed by atoms with Gasteiger partial charge in [-0.2, -0.15) is 0 Å². The minimum Gasteiger partial charge on any atom is -0.379 e. The summed E-state index contributed by atoms with van der Waals surface area (Å²) < 4.78 is 5.39. The van der Waals surface area contributed by atoms with E-state index >= 15 is 0 Å². The van der Waals surface area contributed by atoms with Gasteiger partial charge in [0.2, 0.25) is 0 Å². The molecule has 1 saturated heterocycles. The number of nitrogens with one attached hydrogen (secondary N) is 2. The number of hydrogen-bond acceptors (Lipinski definition) is 5. The Morgan fingerprint density at radius 2 is 1.60 bits per heavy atom. The molecule has 2 fully saturated rings. The SMILES string of the molecule is O=C(N[C@H](C(=O)NO)C1CC1)c1ccc(-c2ccc(CN3CCOCC3)cc2)cc1. The Bertz CT molecular complexity index is 872. The number of nitrogens with zero attached hydrogens (tertiary/aromatic N) is 1. The molecular formula is C23H27N3O4. The first-order valence-corrected chi connectivity index (χ1v) is 10.4. The molecule has 1 aliphatic heterocycles. The summed E-state index contributed by atoms with van der Waals surface area (Å²) in [5, 5.41) is 11.6. The van der Waals surface area contributed by atoms with Crippen LogP contribution in [0, 0.1) is 5.92 Å². The summed E-state index contributed by atoms with van der Waals surface area (Å²) in [5.41, 5.74) is 5.51. The van der Waals surface area contributed by atoms with E-state index < -0.39 is 11.9 Å². The van der Waals surface area contributed by atoms with E-state index in [0.717, 1.165) is 56.8 Å². The minimum atomic E-state index is -0.693. The summed E-state index contributed by atoms with van der Waals surface area (Å²) in [7, 11) is 0. The zero-order chi connectivity index (χ0) is 20.9. The first-order valence-electron chi connectivity index (χ1n) is 10.4. The molecule has 3 N–H and O–H groups in total. The lowest BCUT2D eigenvalue weighted by atomic mass is 10.0. The summed E-state index contributed by atoms with van der Waals surface area (Å²) >= 11 is 0. The van der Waals surface area contributed by atoms with Crippen molar-refractivity contribution in [2.45, 2.75) is 25.4 Å². The number of rotatable bonds is 7. The molecule has 1 saturated carbocycles. The highest BCUT2D eigenvalue weighted by Crippen LogP contribution is 2.33. The highest BCUT2D eigenvalue weighted by atomic mass is 16.5.